The summed E-state index contributed by atoms with van der Waals surface area (Å²) in [5.74, 6) is -0.303. The molecule has 110 valence electrons. The van der Waals surface area contributed by atoms with Gasteiger partial charge >= 0.3 is 0 Å². The summed E-state index contributed by atoms with van der Waals surface area (Å²) in [6.45, 7) is 0. The average molecular weight is 305 g/mol. The standard InChI is InChI=1S/C14H15N3O3S/c1-17(21(2,19)20)13-7-3-6-12(9-13)16-14(18)11-5-4-8-15-10-11/h3-10H,1-2H3,(H,16,18). The Hall–Kier alpha value is -2.41. The van der Waals surface area contributed by atoms with Crippen LogP contribution in [0.1, 0.15) is 10.4 Å². The molecule has 21 heavy (non-hydrogen) atoms. The Labute approximate surface area is 123 Å². The second-order valence-corrected chi connectivity index (χ2v) is 6.49. The van der Waals surface area contributed by atoms with Gasteiger partial charge in [-0.3, -0.25) is 14.1 Å². The molecule has 0 unspecified atom stereocenters. The first-order valence-electron chi connectivity index (χ1n) is 6.13. The number of anilines is 2. The molecule has 0 aliphatic rings. The first-order valence-corrected chi connectivity index (χ1v) is 7.98. The van der Waals surface area contributed by atoms with Crippen LogP contribution < -0.4 is 9.62 Å². The van der Waals surface area contributed by atoms with E-state index in [1.165, 1.54) is 13.2 Å². The summed E-state index contributed by atoms with van der Waals surface area (Å²) in [5, 5.41) is 2.70. The van der Waals surface area contributed by atoms with Gasteiger partial charge in [0, 0.05) is 25.1 Å². The molecule has 0 saturated heterocycles. The van der Waals surface area contributed by atoms with Crippen molar-refractivity contribution in [1.29, 1.82) is 0 Å². The Balaban J connectivity index is 2.21. The number of aromatic nitrogens is 1. The Bertz CT molecular complexity index is 745. The summed E-state index contributed by atoms with van der Waals surface area (Å²) >= 11 is 0. The lowest BCUT2D eigenvalue weighted by Gasteiger charge is -2.17. The van der Waals surface area contributed by atoms with Crippen LogP contribution in [0.3, 0.4) is 0 Å². The van der Waals surface area contributed by atoms with Crippen molar-refractivity contribution in [3.63, 3.8) is 0 Å². The van der Waals surface area contributed by atoms with Crippen LogP contribution in [0.5, 0.6) is 0 Å². The van der Waals surface area contributed by atoms with Crippen LogP contribution in [-0.4, -0.2) is 32.6 Å². The summed E-state index contributed by atoms with van der Waals surface area (Å²) in [6.07, 6.45) is 4.16. The lowest BCUT2D eigenvalue weighted by atomic mass is 10.2. The molecule has 2 aromatic rings. The SMILES string of the molecule is CN(c1cccc(NC(=O)c2cccnc2)c1)S(C)(=O)=O. The van der Waals surface area contributed by atoms with Gasteiger partial charge in [-0.15, -0.1) is 0 Å². The van der Waals surface area contributed by atoms with E-state index in [0.717, 1.165) is 10.6 Å². The molecule has 0 atom stereocenters. The predicted molar refractivity (Wildman–Crippen MR) is 81.9 cm³/mol. The number of hydrogen-bond donors (Lipinski definition) is 1. The topological polar surface area (TPSA) is 79.4 Å². The lowest BCUT2D eigenvalue weighted by molar-refractivity contribution is 0.102. The number of carbonyl (C=O) groups excluding carboxylic acids is 1. The molecule has 0 aliphatic carbocycles. The molecule has 0 aliphatic heterocycles. The number of nitrogens with zero attached hydrogens (tertiary/aromatic N) is 2. The van der Waals surface area contributed by atoms with Gasteiger partial charge in [-0.05, 0) is 30.3 Å². The number of benzene rings is 1. The van der Waals surface area contributed by atoms with Crippen molar-refractivity contribution in [1.82, 2.24) is 4.98 Å². The molecular weight excluding hydrogens is 290 g/mol. The molecule has 1 aromatic carbocycles. The molecule has 7 heteroatoms. The van der Waals surface area contributed by atoms with E-state index >= 15 is 0 Å². The molecule has 2 rings (SSSR count). The summed E-state index contributed by atoms with van der Waals surface area (Å²) in [6, 6.07) is 9.93. The summed E-state index contributed by atoms with van der Waals surface area (Å²) in [5.41, 5.74) is 1.41. The third-order valence-electron chi connectivity index (χ3n) is 2.89. The van der Waals surface area contributed by atoms with Crippen molar-refractivity contribution in [2.24, 2.45) is 0 Å². The maximum Gasteiger partial charge on any atom is 0.257 e. The Morgan fingerprint density at radius 1 is 1.24 bits per heavy atom. The molecule has 1 heterocycles. The number of sulfonamides is 1. The van der Waals surface area contributed by atoms with E-state index in [1.807, 2.05) is 0 Å². The van der Waals surface area contributed by atoms with Gasteiger partial charge in [0.15, 0.2) is 0 Å². The number of amides is 1. The van der Waals surface area contributed by atoms with Gasteiger partial charge in [0.25, 0.3) is 5.91 Å². The molecule has 0 spiro atoms. The Kier molecular flexibility index (Phi) is 4.23. The van der Waals surface area contributed by atoms with Gasteiger partial charge in [-0.2, -0.15) is 0 Å². The van der Waals surface area contributed by atoms with Crippen LogP contribution in [0, 0.1) is 0 Å². The number of carbonyl (C=O) groups is 1. The monoisotopic (exact) mass is 305 g/mol. The highest BCUT2D eigenvalue weighted by atomic mass is 32.2. The van der Waals surface area contributed by atoms with Crippen LogP contribution >= 0.6 is 0 Å². The van der Waals surface area contributed by atoms with Gasteiger partial charge in [-0.1, -0.05) is 6.07 Å². The quantitative estimate of drug-likeness (QED) is 0.933. The number of hydrogen-bond acceptors (Lipinski definition) is 4. The fraction of sp³-hybridized carbons (Fsp3) is 0.143. The third kappa shape index (κ3) is 3.79. The summed E-state index contributed by atoms with van der Waals surface area (Å²) < 4.78 is 24.2. The highest BCUT2D eigenvalue weighted by molar-refractivity contribution is 7.92. The molecule has 0 radical (unpaired) electrons. The molecule has 6 nitrogen and oxygen atoms in total. The maximum atomic E-state index is 12.0. The van der Waals surface area contributed by atoms with E-state index in [4.69, 9.17) is 0 Å². The Morgan fingerprint density at radius 2 is 2.00 bits per heavy atom. The fourth-order valence-corrected chi connectivity index (χ4v) is 2.17. The van der Waals surface area contributed by atoms with Crippen LogP contribution in [0.4, 0.5) is 11.4 Å². The van der Waals surface area contributed by atoms with Gasteiger partial charge in [0.05, 0.1) is 17.5 Å². The molecule has 0 saturated carbocycles. The minimum Gasteiger partial charge on any atom is -0.322 e. The van der Waals surface area contributed by atoms with Crippen LogP contribution in [0.2, 0.25) is 0 Å². The zero-order chi connectivity index (χ0) is 15.5. The molecule has 1 aromatic heterocycles. The lowest BCUT2D eigenvalue weighted by Crippen LogP contribution is -2.24. The van der Waals surface area contributed by atoms with Crippen molar-refractivity contribution in [3.05, 3.63) is 54.4 Å². The van der Waals surface area contributed by atoms with Crippen molar-refractivity contribution in [2.45, 2.75) is 0 Å². The first kappa shape index (κ1) is 15.0. The smallest absolute Gasteiger partial charge is 0.257 e. The molecule has 1 N–H and O–H groups in total. The van der Waals surface area contributed by atoms with E-state index in [0.29, 0.717) is 16.9 Å². The van der Waals surface area contributed by atoms with Crippen molar-refractivity contribution in [2.75, 3.05) is 22.9 Å². The van der Waals surface area contributed by atoms with Crippen molar-refractivity contribution in [3.8, 4) is 0 Å². The van der Waals surface area contributed by atoms with E-state index in [1.54, 1.807) is 42.6 Å². The van der Waals surface area contributed by atoms with Crippen LogP contribution in [0.15, 0.2) is 48.8 Å². The summed E-state index contributed by atoms with van der Waals surface area (Å²) in [7, 11) is -1.89. The minimum absolute atomic E-state index is 0.303. The summed E-state index contributed by atoms with van der Waals surface area (Å²) in [4.78, 5) is 15.9. The first-order chi connectivity index (χ1) is 9.88. The highest BCUT2D eigenvalue weighted by Gasteiger charge is 2.13. The van der Waals surface area contributed by atoms with Crippen LogP contribution in [-0.2, 0) is 10.0 Å². The number of pyridine rings is 1. The third-order valence-corrected chi connectivity index (χ3v) is 4.09. The van der Waals surface area contributed by atoms with Crippen molar-refractivity contribution >= 4 is 27.3 Å². The van der Waals surface area contributed by atoms with E-state index in [-0.39, 0.29) is 5.91 Å². The van der Waals surface area contributed by atoms with Gasteiger partial charge in [0.1, 0.15) is 0 Å². The second-order valence-electron chi connectivity index (χ2n) is 4.48. The second kappa shape index (κ2) is 5.92. The molecular formula is C14H15N3O3S. The molecule has 1 amide bonds. The average Bonchev–Trinajstić information content (AvgIpc) is 2.46. The Morgan fingerprint density at radius 3 is 2.62 bits per heavy atom. The van der Waals surface area contributed by atoms with Gasteiger partial charge < -0.3 is 5.32 Å². The zero-order valence-electron chi connectivity index (χ0n) is 11.6. The zero-order valence-corrected chi connectivity index (χ0v) is 12.5. The predicted octanol–water partition coefficient (Wildman–Crippen LogP) is 1.73. The number of rotatable bonds is 4. The minimum atomic E-state index is -3.34. The molecule has 0 fully saturated rings. The van der Waals surface area contributed by atoms with E-state index in [9.17, 15) is 13.2 Å². The van der Waals surface area contributed by atoms with Gasteiger partial charge in [-0.25, -0.2) is 8.42 Å². The number of nitrogens with one attached hydrogen (secondary N) is 1. The van der Waals surface area contributed by atoms with Crippen LogP contribution in [0.25, 0.3) is 0 Å². The fourth-order valence-electron chi connectivity index (χ4n) is 1.67. The largest absolute Gasteiger partial charge is 0.322 e. The highest BCUT2D eigenvalue weighted by Crippen LogP contribution is 2.20. The normalized spacial score (nSPS) is 11.0. The van der Waals surface area contributed by atoms with E-state index in [2.05, 4.69) is 10.3 Å². The van der Waals surface area contributed by atoms with Gasteiger partial charge in [0.2, 0.25) is 10.0 Å². The van der Waals surface area contributed by atoms with E-state index < -0.39 is 10.0 Å². The molecule has 0 bridgehead atoms. The van der Waals surface area contributed by atoms with Crippen molar-refractivity contribution < 1.29 is 13.2 Å². The maximum absolute atomic E-state index is 12.0.